The number of nitrogens with zero attached hydrogens (tertiary/aromatic N) is 1. The molecule has 1 N–H and O–H groups in total. The average Bonchev–Trinajstić information content (AvgIpc) is 2.93. The second-order valence-corrected chi connectivity index (χ2v) is 15.8. The molecule has 3 rings (SSSR count). The van der Waals surface area contributed by atoms with Crippen molar-refractivity contribution < 1.29 is 30.7 Å². The van der Waals surface area contributed by atoms with Crippen LogP contribution in [0.5, 0.6) is 0 Å². The van der Waals surface area contributed by atoms with Gasteiger partial charge in [0.2, 0.25) is 0 Å². The third-order valence-electron chi connectivity index (χ3n) is 6.70. The van der Waals surface area contributed by atoms with Gasteiger partial charge in [-0.15, -0.1) is 0 Å². The van der Waals surface area contributed by atoms with Gasteiger partial charge in [0, 0.05) is 11.7 Å². The molecule has 0 atom stereocenters. The molecule has 0 radical (unpaired) electrons. The molecule has 1 aromatic carbocycles. The highest BCUT2D eigenvalue weighted by atomic mass is 32.2. The molecular weight excluding hydrogens is 532 g/mol. The largest absolute Gasteiger partial charge is 0.741 e. The molecule has 216 valence electrons. The molecule has 10 heteroatoms. The Bertz CT molecular complexity index is 1150. The van der Waals surface area contributed by atoms with Gasteiger partial charge < -0.3 is 4.55 Å². The lowest BCUT2D eigenvalue weighted by Crippen LogP contribution is -2.44. The predicted molar refractivity (Wildman–Crippen MR) is 151 cm³/mol. The van der Waals surface area contributed by atoms with Gasteiger partial charge in [-0.3, -0.25) is 9.89 Å². The summed E-state index contributed by atoms with van der Waals surface area (Å²) in [6.45, 7) is 24.9. The van der Waals surface area contributed by atoms with E-state index in [2.05, 4.69) is 84.3 Å². The predicted octanol–water partition coefficient (Wildman–Crippen LogP) is 5.96. The summed E-state index contributed by atoms with van der Waals surface area (Å²) in [6.07, 6.45) is 5.09. The molecular formula is C28H44F3N2O3PS. The van der Waals surface area contributed by atoms with Gasteiger partial charge in [0.05, 0.1) is 24.9 Å². The number of hydrogen-bond acceptors (Lipinski definition) is 4. The first-order valence-corrected chi connectivity index (χ1v) is 15.5. The fraction of sp³-hybridized carbons (Fsp3) is 0.714. The third kappa shape index (κ3) is 8.53. The highest BCUT2D eigenvalue weighted by Crippen LogP contribution is 2.36. The molecule has 0 saturated carbocycles. The normalized spacial score (nSPS) is 18.8. The van der Waals surface area contributed by atoms with Gasteiger partial charge in [-0.05, 0) is 52.2 Å². The fourth-order valence-electron chi connectivity index (χ4n) is 4.50. The second kappa shape index (κ2) is 11.6. The van der Waals surface area contributed by atoms with Crippen LogP contribution in [0.2, 0.25) is 0 Å². The SMILES string of the molecule is CC(C)(C)c1cc(C(C)(C)C)c(P=C2CCCC[N+]3=C2NCCC3)c(C(C)(C)C)c1.O=S(=O)([O-])C(F)(F)F. The molecule has 0 amide bonds. The molecule has 0 aromatic heterocycles. The van der Waals surface area contributed by atoms with Crippen molar-refractivity contribution in [2.75, 3.05) is 19.6 Å². The van der Waals surface area contributed by atoms with Gasteiger partial charge in [0.1, 0.15) is 0 Å². The van der Waals surface area contributed by atoms with Crippen LogP contribution in [0, 0.1) is 0 Å². The number of halogens is 3. The molecule has 0 aliphatic carbocycles. The van der Waals surface area contributed by atoms with Crippen LogP contribution in [-0.4, -0.2) is 53.8 Å². The van der Waals surface area contributed by atoms with Crippen LogP contribution in [-0.2, 0) is 26.4 Å². The van der Waals surface area contributed by atoms with Crippen molar-refractivity contribution in [2.45, 2.75) is 110 Å². The first-order chi connectivity index (χ1) is 17.0. The van der Waals surface area contributed by atoms with Gasteiger partial charge in [-0.2, -0.15) is 13.2 Å². The Balaban J connectivity index is 0.000000550. The van der Waals surface area contributed by atoms with Crippen LogP contribution >= 0.6 is 8.20 Å². The monoisotopic (exact) mass is 576 g/mol. The summed E-state index contributed by atoms with van der Waals surface area (Å²) in [5.74, 6) is 1.44. The maximum Gasteiger partial charge on any atom is 0.485 e. The van der Waals surface area contributed by atoms with Crippen LogP contribution in [0.4, 0.5) is 13.2 Å². The van der Waals surface area contributed by atoms with Crippen LogP contribution in [0.15, 0.2) is 12.1 Å². The summed E-state index contributed by atoms with van der Waals surface area (Å²) in [5.41, 5.74) is -0.720. The smallest absolute Gasteiger partial charge is 0.485 e. The third-order valence-corrected chi connectivity index (χ3v) is 8.68. The van der Waals surface area contributed by atoms with E-state index in [1.54, 1.807) is 10.6 Å². The maximum absolute atomic E-state index is 10.7. The van der Waals surface area contributed by atoms with Gasteiger partial charge in [0.15, 0.2) is 10.1 Å². The maximum atomic E-state index is 10.7. The Morgan fingerprint density at radius 3 is 1.74 bits per heavy atom. The van der Waals surface area contributed by atoms with E-state index in [4.69, 9.17) is 13.0 Å². The van der Waals surface area contributed by atoms with E-state index in [-0.39, 0.29) is 16.2 Å². The van der Waals surface area contributed by atoms with Crippen molar-refractivity contribution in [1.82, 2.24) is 5.32 Å². The summed E-state index contributed by atoms with van der Waals surface area (Å²) in [6, 6.07) is 5.04. The minimum absolute atomic E-state index is 0.124. The van der Waals surface area contributed by atoms with E-state index < -0.39 is 15.6 Å². The Hall–Kier alpha value is -1.44. The molecule has 2 heterocycles. The van der Waals surface area contributed by atoms with E-state index >= 15 is 0 Å². The highest BCUT2D eigenvalue weighted by molar-refractivity contribution is 7.86. The molecule has 5 nitrogen and oxygen atoms in total. The quantitative estimate of drug-likeness (QED) is 0.194. The van der Waals surface area contributed by atoms with Crippen molar-refractivity contribution in [3.63, 3.8) is 0 Å². The van der Waals surface area contributed by atoms with Gasteiger partial charge in [-0.1, -0.05) is 82.7 Å². The number of amidine groups is 1. The zero-order valence-corrected chi connectivity index (χ0v) is 26.0. The summed E-state index contributed by atoms with van der Waals surface area (Å²) in [4.78, 5) is 0. The van der Waals surface area contributed by atoms with Crippen LogP contribution < -0.4 is 10.6 Å². The van der Waals surface area contributed by atoms with Gasteiger partial charge in [-0.25, -0.2) is 8.42 Å². The lowest BCUT2D eigenvalue weighted by Gasteiger charge is -2.32. The number of nitrogens with one attached hydrogen (secondary N) is 1. The molecule has 38 heavy (non-hydrogen) atoms. The van der Waals surface area contributed by atoms with Gasteiger partial charge >= 0.3 is 5.51 Å². The summed E-state index contributed by atoms with van der Waals surface area (Å²) in [5, 5.41) is 6.94. The summed E-state index contributed by atoms with van der Waals surface area (Å²) < 4.78 is 61.5. The summed E-state index contributed by atoms with van der Waals surface area (Å²) >= 11 is 0. The summed E-state index contributed by atoms with van der Waals surface area (Å²) in [7, 11) is -4.68. The molecule has 2 aliphatic rings. The number of alkyl halides is 3. The Morgan fingerprint density at radius 1 is 0.842 bits per heavy atom. The average molecular weight is 577 g/mol. The molecule has 1 aromatic rings. The van der Waals surface area contributed by atoms with Crippen LogP contribution in [0.3, 0.4) is 0 Å². The number of benzene rings is 1. The van der Waals surface area contributed by atoms with Gasteiger partial charge in [0.25, 0.3) is 5.84 Å². The molecule has 0 saturated heterocycles. The lowest BCUT2D eigenvalue weighted by atomic mass is 9.75. The first kappa shape index (κ1) is 32.8. The Labute approximate surface area is 228 Å². The van der Waals surface area contributed by atoms with Crippen molar-refractivity contribution in [3.05, 3.63) is 28.8 Å². The minimum Gasteiger partial charge on any atom is -0.741 e. The fourth-order valence-corrected chi connectivity index (χ4v) is 6.40. The van der Waals surface area contributed by atoms with Crippen molar-refractivity contribution >= 4 is 34.8 Å². The topological polar surface area (TPSA) is 72.2 Å². The Morgan fingerprint density at radius 2 is 1.32 bits per heavy atom. The van der Waals surface area contributed by atoms with E-state index in [0.29, 0.717) is 0 Å². The molecule has 0 unspecified atom stereocenters. The molecule has 0 spiro atoms. The van der Waals surface area contributed by atoms with Crippen LogP contribution in [0.1, 0.15) is 105 Å². The minimum atomic E-state index is -6.09. The Kier molecular flexibility index (Phi) is 9.99. The lowest BCUT2D eigenvalue weighted by molar-refractivity contribution is -0.531. The standard InChI is InChI=1S/C27H43N2P.CHF3O3S/c1-25(2,3)19-17-20(26(4,5)6)23(21(18-19)27(7,8)9)30-22-13-10-11-15-29-16-12-14-28-24(22)29;2-1(3,4)8(5,6)7/h17-18H,10-16H2,1-9H3;(H,5,6,7). The zero-order valence-electron chi connectivity index (χ0n) is 24.3. The van der Waals surface area contributed by atoms with Crippen LogP contribution in [0.25, 0.3) is 0 Å². The number of rotatable bonds is 1. The highest BCUT2D eigenvalue weighted by Gasteiger charge is 2.37. The number of hydrogen-bond donors (Lipinski definition) is 1. The van der Waals surface area contributed by atoms with Crippen molar-refractivity contribution in [2.24, 2.45) is 0 Å². The van der Waals surface area contributed by atoms with Crippen molar-refractivity contribution in [3.8, 4) is 0 Å². The van der Waals surface area contributed by atoms with E-state index in [9.17, 15) is 13.2 Å². The molecule has 0 fully saturated rings. The zero-order chi connectivity index (χ0) is 29.3. The first-order valence-electron chi connectivity index (χ1n) is 13.2. The van der Waals surface area contributed by atoms with E-state index in [1.165, 1.54) is 69.5 Å². The van der Waals surface area contributed by atoms with E-state index in [1.807, 2.05) is 0 Å². The van der Waals surface area contributed by atoms with E-state index in [0.717, 1.165) is 6.54 Å². The molecule has 0 bridgehead atoms. The molecule has 2 aliphatic heterocycles. The van der Waals surface area contributed by atoms with Crippen molar-refractivity contribution in [1.29, 1.82) is 0 Å². The second-order valence-electron chi connectivity index (χ2n) is 13.2.